The van der Waals surface area contributed by atoms with Crippen LogP contribution in [0.1, 0.15) is 25.0 Å². The molecule has 3 heterocycles. The first kappa shape index (κ1) is 27.3. The molecule has 0 saturated carbocycles. The second-order valence-corrected chi connectivity index (χ2v) is 12.6. The summed E-state index contributed by atoms with van der Waals surface area (Å²) < 4.78 is 0. The second kappa shape index (κ2) is 10.5. The van der Waals surface area contributed by atoms with Gasteiger partial charge in [-0.2, -0.15) is 0 Å². The van der Waals surface area contributed by atoms with E-state index in [2.05, 4.69) is 115 Å². The Morgan fingerprint density at radius 3 is 1.55 bits per heavy atom. The summed E-state index contributed by atoms with van der Waals surface area (Å²) in [4.78, 5) is 24.0. The summed E-state index contributed by atoms with van der Waals surface area (Å²) in [5, 5.41) is 2.07. The van der Waals surface area contributed by atoms with Crippen LogP contribution in [0.4, 0.5) is 0 Å². The fraction of sp³-hybridized carbons (Fsp3) is 0.0714. The number of benzene rings is 5. The number of pyridine rings is 2. The average molecular weight is 604 g/mol. The van der Waals surface area contributed by atoms with Crippen LogP contribution in [0.5, 0.6) is 0 Å². The van der Waals surface area contributed by atoms with Gasteiger partial charge in [-0.25, -0.2) is 15.0 Å². The molecule has 8 aromatic rings. The van der Waals surface area contributed by atoms with Crippen LogP contribution in [-0.2, 0) is 5.41 Å². The van der Waals surface area contributed by atoms with Gasteiger partial charge in [-0.1, -0.05) is 86.6 Å². The molecule has 0 spiro atoms. The monoisotopic (exact) mass is 603 g/mol. The molecular weight excluding hydrogens is 574 g/mol. The number of hydrogen-bond donors (Lipinski definition) is 0. The highest BCUT2D eigenvalue weighted by atomic mass is 15.0. The highest BCUT2D eigenvalue weighted by molar-refractivity contribution is 5.86. The molecule has 1 aliphatic rings. The maximum absolute atomic E-state index is 5.00. The first-order valence-electron chi connectivity index (χ1n) is 15.8. The van der Waals surface area contributed by atoms with Crippen molar-refractivity contribution in [1.29, 1.82) is 0 Å². The van der Waals surface area contributed by atoms with E-state index in [1.54, 1.807) is 0 Å². The first-order chi connectivity index (χ1) is 23.0. The summed E-state index contributed by atoms with van der Waals surface area (Å²) in [5.74, 6) is 1.86. The molecule has 5 nitrogen and oxygen atoms in total. The fourth-order valence-corrected chi connectivity index (χ4v) is 6.90. The van der Waals surface area contributed by atoms with E-state index in [-0.39, 0.29) is 5.41 Å². The Bertz CT molecular complexity index is 2400. The first-order valence-corrected chi connectivity index (χ1v) is 15.8. The Labute approximate surface area is 272 Å². The molecule has 0 radical (unpaired) electrons. The molecule has 47 heavy (non-hydrogen) atoms. The van der Waals surface area contributed by atoms with Crippen molar-refractivity contribution >= 4 is 21.8 Å². The van der Waals surface area contributed by atoms with Crippen LogP contribution in [-0.4, -0.2) is 24.9 Å². The van der Waals surface area contributed by atoms with Crippen molar-refractivity contribution in [3.05, 3.63) is 151 Å². The van der Waals surface area contributed by atoms with Gasteiger partial charge in [0.25, 0.3) is 0 Å². The van der Waals surface area contributed by atoms with Crippen LogP contribution >= 0.6 is 0 Å². The van der Waals surface area contributed by atoms with Crippen LogP contribution in [0.25, 0.3) is 78.2 Å². The molecule has 222 valence electrons. The summed E-state index contributed by atoms with van der Waals surface area (Å²) in [7, 11) is 0. The third-order valence-corrected chi connectivity index (χ3v) is 9.42. The Balaban J connectivity index is 1.14. The van der Waals surface area contributed by atoms with Crippen molar-refractivity contribution < 1.29 is 0 Å². The van der Waals surface area contributed by atoms with Gasteiger partial charge in [-0.3, -0.25) is 9.97 Å². The Morgan fingerprint density at radius 2 is 0.915 bits per heavy atom. The molecule has 5 aromatic carbocycles. The number of aromatic nitrogens is 5. The van der Waals surface area contributed by atoms with Crippen LogP contribution in [0, 0.1) is 0 Å². The van der Waals surface area contributed by atoms with Gasteiger partial charge in [-0.05, 0) is 88.0 Å². The summed E-state index contributed by atoms with van der Waals surface area (Å²) in [6.45, 7) is 4.62. The minimum absolute atomic E-state index is 0.00841. The lowest BCUT2D eigenvalue weighted by atomic mass is 9.82. The second-order valence-electron chi connectivity index (χ2n) is 12.6. The van der Waals surface area contributed by atoms with Crippen molar-refractivity contribution in [2.24, 2.45) is 0 Å². The van der Waals surface area contributed by atoms with Gasteiger partial charge < -0.3 is 0 Å². The van der Waals surface area contributed by atoms with Crippen molar-refractivity contribution in [3.63, 3.8) is 0 Å². The van der Waals surface area contributed by atoms with Crippen LogP contribution in [0.3, 0.4) is 0 Å². The van der Waals surface area contributed by atoms with Crippen LogP contribution in [0.2, 0.25) is 0 Å². The Kier molecular flexibility index (Phi) is 6.09. The molecule has 0 aliphatic heterocycles. The van der Waals surface area contributed by atoms with E-state index in [9.17, 15) is 0 Å². The quantitative estimate of drug-likeness (QED) is 0.200. The molecule has 0 saturated heterocycles. The van der Waals surface area contributed by atoms with Crippen molar-refractivity contribution in [2.75, 3.05) is 0 Å². The predicted molar refractivity (Wildman–Crippen MR) is 190 cm³/mol. The number of rotatable bonds is 4. The Hall–Kier alpha value is -6.07. The van der Waals surface area contributed by atoms with Crippen LogP contribution in [0.15, 0.2) is 140 Å². The van der Waals surface area contributed by atoms with Crippen molar-refractivity contribution in [3.8, 4) is 56.4 Å². The molecule has 0 atom stereocenters. The summed E-state index contributed by atoms with van der Waals surface area (Å²) >= 11 is 0. The van der Waals surface area contributed by atoms with Gasteiger partial charge in [0, 0.05) is 45.3 Å². The molecule has 0 N–H and O–H groups in total. The lowest BCUT2D eigenvalue weighted by Gasteiger charge is -2.21. The minimum atomic E-state index is -0.00841. The van der Waals surface area contributed by atoms with E-state index in [0.29, 0.717) is 17.5 Å². The minimum Gasteiger partial charge on any atom is -0.256 e. The number of fused-ring (bicyclic) bond motifs is 5. The van der Waals surface area contributed by atoms with Gasteiger partial charge in [0.1, 0.15) is 0 Å². The van der Waals surface area contributed by atoms with E-state index < -0.39 is 0 Å². The zero-order valence-electron chi connectivity index (χ0n) is 26.0. The van der Waals surface area contributed by atoms with E-state index >= 15 is 0 Å². The smallest absolute Gasteiger partial charge is 0.164 e. The third kappa shape index (κ3) is 4.59. The summed E-state index contributed by atoms with van der Waals surface area (Å²) in [6, 6.07) is 44.4. The molecular formula is C42H29N5. The van der Waals surface area contributed by atoms with Gasteiger partial charge in [0.2, 0.25) is 0 Å². The maximum Gasteiger partial charge on any atom is 0.164 e. The molecule has 0 bridgehead atoms. The van der Waals surface area contributed by atoms with Gasteiger partial charge in [-0.15, -0.1) is 0 Å². The largest absolute Gasteiger partial charge is 0.256 e. The average Bonchev–Trinajstić information content (AvgIpc) is 3.36. The topological polar surface area (TPSA) is 64.5 Å². The highest BCUT2D eigenvalue weighted by Gasteiger charge is 2.35. The standard InChI is InChI=1S/C42H29N5/c1-42(2)35-10-4-3-9-33(35)34-25-28(15-18-36(34)42)26-11-13-27(14-12-26)39-45-40(31-16-19-37-29(23-31)7-5-21-43-37)47-41(46-39)32-17-20-38-30(24-32)8-6-22-44-38/h3-25H,1-2H3. The normalized spacial score (nSPS) is 13.1. The molecule has 0 unspecified atom stereocenters. The maximum atomic E-state index is 5.00. The summed E-state index contributed by atoms with van der Waals surface area (Å²) in [5.41, 5.74) is 12.3. The molecule has 5 heteroatoms. The van der Waals surface area contributed by atoms with Gasteiger partial charge in [0.15, 0.2) is 17.5 Å². The van der Waals surface area contributed by atoms with E-state index in [4.69, 9.17) is 15.0 Å². The summed E-state index contributed by atoms with van der Waals surface area (Å²) in [6.07, 6.45) is 3.61. The lowest BCUT2D eigenvalue weighted by Crippen LogP contribution is -2.14. The van der Waals surface area contributed by atoms with Gasteiger partial charge in [0.05, 0.1) is 11.0 Å². The zero-order valence-corrected chi connectivity index (χ0v) is 26.0. The Morgan fingerprint density at radius 1 is 0.404 bits per heavy atom. The number of nitrogens with zero attached hydrogens (tertiary/aromatic N) is 5. The van der Waals surface area contributed by atoms with Crippen molar-refractivity contribution in [2.45, 2.75) is 19.3 Å². The molecule has 3 aromatic heterocycles. The van der Waals surface area contributed by atoms with Crippen molar-refractivity contribution in [1.82, 2.24) is 24.9 Å². The van der Waals surface area contributed by atoms with E-state index in [1.807, 2.05) is 48.8 Å². The van der Waals surface area contributed by atoms with E-state index in [1.165, 1.54) is 27.8 Å². The molecule has 9 rings (SSSR count). The van der Waals surface area contributed by atoms with Crippen LogP contribution < -0.4 is 0 Å². The molecule has 0 amide bonds. The third-order valence-electron chi connectivity index (χ3n) is 9.42. The molecule has 1 aliphatic carbocycles. The van der Waals surface area contributed by atoms with Gasteiger partial charge >= 0.3 is 0 Å². The SMILES string of the molecule is CC1(C)c2ccccc2-c2cc(-c3ccc(-c4nc(-c5ccc6ncccc6c5)nc(-c5ccc6ncccc6c5)n4)cc3)ccc21. The fourth-order valence-electron chi connectivity index (χ4n) is 6.90. The zero-order chi connectivity index (χ0) is 31.5. The number of hydrogen-bond acceptors (Lipinski definition) is 5. The molecule has 0 fully saturated rings. The predicted octanol–water partition coefficient (Wildman–Crippen LogP) is 9.94. The highest BCUT2D eigenvalue weighted by Crippen LogP contribution is 2.49. The van der Waals surface area contributed by atoms with E-state index in [0.717, 1.165) is 44.1 Å². The lowest BCUT2D eigenvalue weighted by molar-refractivity contribution is 0.660.